The van der Waals surface area contributed by atoms with E-state index in [1.165, 1.54) is 24.9 Å². The van der Waals surface area contributed by atoms with Crippen LogP contribution in [0.4, 0.5) is 5.82 Å². The zero-order valence-corrected chi connectivity index (χ0v) is 16.7. The van der Waals surface area contributed by atoms with Gasteiger partial charge in [-0.15, -0.1) is 24.2 Å². The number of nitrogens with zero attached hydrogens (tertiary/aromatic N) is 3. The number of nitrogen functional groups attached to an aromatic ring is 1. The predicted molar refractivity (Wildman–Crippen MR) is 105 cm³/mol. The normalized spacial score (nSPS) is 21.3. The largest absolute Gasteiger partial charge is 0.477 e. The molecule has 1 fully saturated rings. The van der Waals surface area contributed by atoms with Crippen LogP contribution in [0.2, 0.25) is 0 Å². The van der Waals surface area contributed by atoms with E-state index in [1.807, 2.05) is 0 Å². The monoisotopic (exact) mass is 447 g/mol. The quantitative estimate of drug-likeness (QED) is 0.333. The number of oxime groups is 1. The van der Waals surface area contributed by atoms with E-state index in [0.717, 1.165) is 4.90 Å². The fourth-order valence-electron chi connectivity index (χ4n) is 2.67. The van der Waals surface area contributed by atoms with Crippen molar-refractivity contribution >= 4 is 65.1 Å². The number of fused-ring (bicyclic) bond motifs is 1. The van der Waals surface area contributed by atoms with Gasteiger partial charge in [0.15, 0.2) is 5.71 Å². The van der Waals surface area contributed by atoms with Crippen LogP contribution in [0.5, 0.6) is 0 Å². The maximum atomic E-state index is 12.6. The number of pyridine rings is 1. The zero-order valence-electron chi connectivity index (χ0n) is 14.3. The number of carbonyl (C=O) groups excluding carboxylic acids is 2. The molecule has 0 radical (unpaired) electrons. The van der Waals surface area contributed by atoms with Crippen LogP contribution in [0.3, 0.4) is 0 Å². The van der Waals surface area contributed by atoms with E-state index in [2.05, 4.69) is 15.5 Å². The number of carboxylic acid groups (broad SMARTS) is 1. The average Bonchev–Trinajstić information content (AvgIpc) is 2.63. The van der Waals surface area contributed by atoms with Gasteiger partial charge in [-0.25, -0.2) is 9.78 Å². The summed E-state index contributed by atoms with van der Waals surface area (Å²) in [4.78, 5) is 46.1. The van der Waals surface area contributed by atoms with Crippen molar-refractivity contribution in [2.24, 2.45) is 5.16 Å². The summed E-state index contributed by atoms with van der Waals surface area (Å²) in [6.45, 7) is 0. The highest BCUT2D eigenvalue weighted by Crippen LogP contribution is 2.41. The first kappa shape index (κ1) is 21.8. The number of hydrogen-bond donors (Lipinski definition) is 3. The Morgan fingerprint density at radius 1 is 1.50 bits per heavy atom. The number of aliphatic carboxylic acids is 1. The molecular formula is C15H15Cl2N5O5S. The second-order valence-electron chi connectivity index (χ2n) is 5.49. The third-order valence-electron chi connectivity index (χ3n) is 3.82. The minimum atomic E-state index is -1.30. The molecule has 3 rings (SSSR count). The Labute approximate surface area is 174 Å². The second kappa shape index (κ2) is 8.67. The van der Waals surface area contributed by atoms with Crippen molar-refractivity contribution in [1.82, 2.24) is 15.2 Å². The van der Waals surface area contributed by atoms with Crippen molar-refractivity contribution in [3.05, 3.63) is 34.6 Å². The maximum Gasteiger partial charge on any atom is 0.353 e. The van der Waals surface area contributed by atoms with Gasteiger partial charge < -0.3 is 21.0 Å². The minimum absolute atomic E-state index is 0. The maximum absolute atomic E-state index is 12.6. The van der Waals surface area contributed by atoms with E-state index in [4.69, 9.17) is 22.2 Å². The first-order valence-electron chi connectivity index (χ1n) is 7.56. The summed E-state index contributed by atoms with van der Waals surface area (Å²) < 4.78 is 0. The van der Waals surface area contributed by atoms with Gasteiger partial charge in [0.25, 0.3) is 11.8 Å². The number of β-lactam (4-membered cyclic amide) rings is 1. The lowest BCUT2D eigenvalue weighted by atomic mass is 10.0. The van der Waals surface area contributed by atoms with Gasteiger partial charge in [0.2, 0.25) is 0 Å². The van der Waals surface area contributed by atoms with Crippen LogP contribution in [0.1, 0.15) is 5.69 Å². The van der Waals surface area contributed by atoms with Gasteiger partial charge in [0.05, 0.1) is 5.03 Å². The molecule has 0 spiro atoms. The number of carboxylic acids is 1. The van der Waals surface area contributed by atoms with Crippen LogP contribution in [0.15, 0.2) is 34.1 Å². The number of nitrogens with two attached hydrogens (primary N) is 1. The molecular weight excluding hydrogens is 433 g/mol. The van der Waals surface area contributed by atoms with Gasteiger partial charge >= 0.3 is 5.97 Å². The number of nitrogens with one attached hydrogen (secondary N) is 1. The highest BCUT2D eigenvalue weighted by atomic mass is 35.5. The van der Waals surface area contributed by atoms with E-state index in [1.54, 1.807) is 12.1 Å². The van der Waals surface area contributed by atoms with E-state index in [9.17, 15) is 19.5 Å². The van der Waals surface area contributed by atoms with Gasteiger partial charge in [-0.3, -0.25) is 14.5 Å². The van der Waals surface area contributed by atoms with Crippen LogP contribution in [0.25, 0.3) is 0 Å². The van der Waals surface area contributed by atoms with Crippen LogP contribution in [-0.2, 0) is 19.2 Å². The van der Waals surface area contributed by atoms with E-state index < -0.39 is 29.2 Å². The molecule has 150 valence electrons. The number of aromatic nitrogens is 1. The first-order chi connectivity index (χ1) is 12.8. The van der Waals surface area contributed by atoms with E-state index >= 15 is 0 Å². The molecule has 0 bridgehead atoms. The van der Waals surface area contributed by atoms with Crippen molar-refractivity contribution in [3.8, 4) is 0 Å². The molecule has 0 aliphatic carbocycles. The molecule has 1 saturated heterocycles. The Bertz CT molecular complexity index is 893. The summed E-state index contributed by atoms with van der Waals surface area (Å²) >= 11 is 7.17. The lowest BCUT2D eigenvalue weighted by molar-refractivity contribution is -0.150. The summed E-state index contributed by atoms with van der Waals surface area (Å²) in [6.07, 6.45) is 0. The van der Waals surface area contributed by atoms with Gasteiger partial charge in [-0.2, -0.15) is 0 Å². The summed E-state index contributed by atoms with van der Waals surface area (Å²) in [5.41, 5.74) is 5.36. The summed E-state index contributed by atoms with van der Waals surface area (Å²) in [5.74, 6) is -2.17. The average molecular weight is 448 g/mol. The molecule has 0 saturated carbocycles. The number of carbonyl (C=O) groups is 3. The predicted octanol–water partition coefficient (Wildman–Crippen LogP) is 0.371. The molecule has 1 aromatic rings. The van der Waals surface area contributed by atoms with Crippen molar-refractivity contribution < 1.29 is 24.3 Å². The highest BCUT2D eigenvalue weighted by molar-refractivity contribution is 8.00. The number of halogens is 2. The standard InChI is InChI=1S/C15H14ClN5O5S.ClH/c1-26-20-9(7-3-2-4-8(17)18-7)12(22)19-10-13(23)21-11(15(24)25)6(16)5-27-14(10)21;/h2-4,10,14H,5H2,1H3,(H2,17,18)(H,19,22)(H,24,25);1H/t10?,14-;/m1./s1. The Morgan fingerprint density at radius 2 is 2.21 bits per heavy atom. The number of hydrogen-bond acceptors (Lipinski definition) is 8. The molecule has 1 unspecified atom stereocenters. The summed E-state index contributed by atoms with van der Waals surface area (Å²) in [6, 6.07) is 3.73. The van der Waals surface area contributed by atoms with Crippen LogP contribution >= 0.6 is 35.8 Å². The summed E-state index contributed by atoms with van der Waals surface area (Å²) in [7, 11) is 1.26. The molecule has 0 aromatic carbocycles. The third-order valence-corrected chi connectivity index (χ3v) is 5.57. The van der Waals surface area contributed by atoms with Gasteiger partial charge in [0, 0.05) is 5.75 Å². The Morgan fingerprint density at radius 3 is 2.82 bits per heavy atom. The van der Waals surface area contributed by atoms with E-state index in [-0.39, 0.29) is 46.1 Å². The fraction of sp³-hybridized carbons (Fsp3) is 0.267. The Kier molecular flexibility index (Phi) is 6.75. The highest BCUT2D eigenvalue weighted by Gasteiger charge is 2.54. The zero-order chi connectivity index (χ0) is 19.7. The lowest BCUT2D eigenvalue weighted by Gasteiger charge is -2.48. The van der Waals surface area contributed by atoms with Gasteiger partial charge in [-0.05, 0) is 12.1 Å². The Balaban J connectivity index is 0.00000280. The topological polar surface area (TPSA) is 147 Å². The summed E-state index contributed by atoms with van der Waals surface area (Å²) in [5, 5.41) is 15.0. The van der Waals surface area contributed by atoms with Gasteiger partial charge in [-0.1, -0.05) is 22.8 Å². The minimum Gasteiger partial charge on any atom is -0.477 e. The second-order valence-corrected chi connectivity index (χ2v) is 7.05. The number of thioether (sulfide) groups is 1. The van der Waals surface area contributed by atoms with Crippen molar-refractivity contribution in [2.75, 3.05) is 18.6 Å². The van der Waals surface area contributed by atoms with Gasteiger partial charge in [0.1, 0.15) is 35.7 Å². The fourth-order valence-corrected chi connectivity index (χ4v) is 4.22. The molecule has 13 heteroatoms. The Hall–Kier alpha value is -2.50. The first-order valence-corrected chi connectivity index (χ1v) is 8.99. The molecule has 2 amide bonds. The van der Waals surface area contributed by atoms with Crippen LogP contribution < -0.4 is 11.1 Å². The molecule has 4 N–H and O–H groups in total. The molecule has 3 heterocycles. The van der Waals surface area contributed by atoms with Crippen molar-refractivity contribution in [1.29, 1.82) is 0 Å². The van der Waals surface area contributed by atoms with Crippen molar-refractivity contribution in [2.45, 2.75) is 11.4 Å². The molecule has 1 aromatic heterocycles. The third kappa shape index (κ3) is 3.86. The van der Waals surface area contributed by atoms with Crippen LogP contribution in [0, 0.1) is 0 Å². The van der Waals surface area contributed by atoms with Crippen molar-refractivity contribution in [3.63, 3.8) is 0 Å². The molecule has 2 aliphatic rings. The SMILES string of the molecule is CON=C(C(=O)NC1C(=O)N2C(C(=O)O)=C(Cl)CS[C@H]12)c1cccc(N)n1.Cl. The molecule has 10 nitrogen and oxygen atoms in total. The molecule has 2 aliphatic heterocycles. The number of rotatable bonds is 5. The van der Waals surface area contributed by atoms with Crippen LogP contribution in [-0.4, -0.2) is 62.8 Å². The number of amides is 2. The van der Waals surface area contributed by atoms with E-state index in [0.29, 0.717) is 0 Å². The molecule has 2 atom stereocenters. The smallest absolute Gasteiger partial charge is 0.353 e. The lowest BCUT2D eigenvalue weighted by Crippen LogP contribution is -2.71. The number of anilines is 1. The molecule has 28 heavy (non-hydrogen) atoms.